The third kappa shape index (κ3) is 2.32. The van der Waals surface area contributed by atoms with Crippen LogP contribution in [0, 0.1) is 5.92 Å². The maximum Gasteiger partial charge on any atom is 0.0795 e. The normalized spacial score (nSPS) is 29.3. The average molecular weight is 211 g/mol. The van der Waals surface area contributed by atoms with Crippen LogP contribution in [0.15, 0.2) is 10.9 Å². The van der Waals surface area contributed by atoms with Gasteiger partial charge in [0.1, 0.15) is 0 Å². The van der Waals surface area contributed by atoms with Crippen molar-refractivity contribution >= 4 is 11.3 Å². The quantitative estimate of drug-likeness (QED) is 0.802. The van der Waals surface area contributed by atoms with Crippen LogP contribution in [0.25, 0.3) is 0 Å². The van der Waals surface area contributed by atoms with Gasteiger partial charge < -0.3 is 5.73 Å². The number of thiazole rings is 1. The molecule has 0 bridgehead atoms. The smallest absolute Gasteiger partial charge is 0.0795 e. The molecule has 0 spiro atoms. The highest BCUT2D eigenvalue weighted by molar-refractivity contribution is 7.07. The van der Waals surface area contributed by atoms with Crippen molar-refractivity contribution in [3.63, 3.8) is 0 Å². The lowest BCUT2D eigenvalue weighted by atomic mass is 9.95. The van der Waals surface area contributed by atoms with Crippen LogP contribution < -0.4 is 5.73 Å². The van der Waals surface area contributed by atoms with Crippen LogP contribution in [-0.2, 0) is 6.54 Å². The fourth-order valence-corrected chi connectivity index (χ4v) is 2.49. The molecule has 0 aromatic carbocycles. The van der Waals surface area contributed by atoms with E-state index in [-0.39, 0.29) is 0 Å². The van der Waals surface area contributed by atoms with Crippen LogP contribution in [0.2, 0.25) is 0 Å². The Kier molecular flexibility index (Phi) is 3.15. The molecule has 1 aromatic heterocycles. The summed E-state index contributed by atoms with van der Waals surface area (Å²) in [6.45, 7) is 5.44. The van der Waals surface area contributed by atoms with Gasteiger partial charge in [-0.15, -0.1) is 11.3 Å². The molecule has 2 atom stereocenters. The van der Waals surface area contributed by atoms with Crippen LogP contribution in [0.5, 0.6) is 0 Å². The predicted octanol–water partition coefficient (Wildman–Crippen LogP) is 1.31. The summed E-state index contributed by atoms with van der Waals surface area (Å²) >= 11 is 1.67. The van der Waals surface area contributed by atoms with Crippen molar-refractivity contribution in [2.24, 2.45) is 11.7 Å². The molecule has 1 fully saturated rings. The molecule has 2 unspecified atom stereocenters. The number of aromatic nitrogens is 1. The molecule has 2 N–H and O–H groups in total. The first-order valence-electron chi connectivity index (χ1n) is 5.10. The number of likely N-dealkylation sites (tertiary alicyclic amines) is 1. The van der Waals surface area contributed by atoms with E-state index in [0.717, 1.165) is 26.1 Å². The Labute approximate surface area is 88.9 Å². The highest BCUT2D eigenvalue weighted by atomic mass is 32.1. The Bertz CT molecular complexity index is 273. The van der Waals surface area contributed by atoms with Crippen LogP contribution >= 0.6 is 11.3 Å². The van der Waals surface area contributed by atoms with Gasteiger partial charge in [-0.25, -0.2) is 4.98 Å². The van der Waals surface area contributed by atoms with E-state index in [0.29, 0.717) is 12.0 Å². The van der Waals surface area contributed by atoms with Crippen molar-refractivity contribution in [2.75, 3.05) is 13.1 Å². The average Bonchev–Trinajstić information content (AvgIpc) is 2.64. The molecular weight excluding hydrogens is 194 g/mol. The lowest BCUT2D eigenvalue weighted by molar-refractivity contribution is 0.156. The van der Waals surface area contributed by atoms with E-state index in [9.17, 15) is 0 Å². The van der Waals surface area contributed by atoms with Gasteiger partial charge in [0, 0.05) is 31.1 Å². The Morgan fingerprint density at radius 1 is 1.71 bits per heavy atom. The number of hydrogen-bond donors (Lipinski definition) is 1. The van der Waals surface area contributed by atoms with Gasteiger partial charge >= 0.3 is 0 Å². The molecule has 1 saturated heterocycles. The minimum absolute atomic E-state index is 0.390. The number of nitrogens with zero attached hydrogens (tertiary/aromatic N) is 2. The Hall–Kier alpha value is -0.450. The van der Waals surface area contributed by atoms with Gasteiger partial charge in [-0.1, -0.05) is 6.92 Å². The Balaban J connectivity index is 1.88. The van der Waals surface area contributed by atoms with E-state index in [1.54, 1.807) is 11.3 Å². The zero-order chi connectivity index (χ0) is 9.97. The van der Waals surface area contributed by atoms with E-state index < -0.39 is 0 Å². The molecule has 1 aliphatic rings. The van der Waals surface area contributed by atoms with Crippen molar-refractivity contribution < 1.29 is 0 Å². The minimum Gasteiger partial charge on any atom is -0.327 e. The molecule has 2 rings (SSSR count). The standard InChI is InChI=1S/C10H17N3S/c1-8-4-13(3-2-10(8)11)5-9-6-14-7-12-9/h6-8,10H,2-5,11H2,1H3. The zero-order valence-corrected chi connectivity index (χ0v) is 9.33. The molecule has 2 heterocycles. The van der Waals surface area contributed by atoms with Crippen molar-refractivity contribution in [3.05, 3.63) is 16.6 Å². The maximum absolute atomic E-state index is 5.97. The SMILES string of the molecule is CC1CN(Cc2cscn2)CCC1N. The predicted molar refractivity (Wildman–Crippen MR) is 59.1 cm³/mol. The van der Waals surface area contributed by atoms with E-state index >= 15 is 0 Å². The zero-order valence-electron chi connectivity index (χ0n) is 8.52. The van der Waals surface area contributed by atoms with Crippen molar-refractivity contribution in [1.82, 2.24) is 9.88 Å². The van der Waals surface area contributed by atoms with Crippen molar-refractivity contribution in [3.8, 4) is 0 Å². The molecule has 1 aliphatic heterocycles. The highest BCUT2D eigenvalue weighted by Gasteiger charge is 2.23. The van der Waals surface area contributed by atoms with Crippen LogP contribution in [0.1, 0.15) is 19.0 Å². The van der Waals surface area contributed by atoms with Crippen LogP contribution in [0.3, 0.4) is 0 Å². The summed E-state index contributed by atoms with van der Waals surface area (Å²) in [5.74, 6) is 0.613. The summed E-state index contributed by atoms with van der Waals surface area (Å²) in [5, 5.41) is 2.12. The van der Waals surface area contributed by atoms with Gasteiger partial charge in [0.2, 0.25) is 0 Å². The van der Waals surface area contributed by atoms with Gasteiger partial charge in [-0.3, -0.25) is 4.90 Å². The minimum atomic E-state index is 0.390. The summed E-state index contributed by atoms with van der Waals surface area (Å²) in [4.78, 5) is 6.75. The summed E-state index contributed by atoms with van der Waals surface area (Å²) < 4.78 is 0. The van der Waals surface area contributed by atoms with E-state index in [1.807, 2.05) is 5.51 Å². The summed E-state index contributed by atoms with van der Waals surface area (Å²) in [7, 11) is 0. The number of nitrogens with two attached hydrogens (primary N) is 1. The van der Waals surface area contributed by atoms with Gasteiger partial charge in [-0.05, 0) is 12.3 Å². The van der Waals surface area contributed by atoms with E-state index in [2.05, 4.69) is 22.2 Å². The summed E-state index contributed by atoms with van der Waals surface area (Å²) in [5.41, 5.74) is 9.06. The highest BCUT2D eigenvalue weighted by Crippen LogP contribution is 2.17. The number of hydrogen-bond acceptors (Lipinski definition) is 4. The summed E-state index contributed by atoms with van der Waals surface area (Å²) in [6.07, 6.45) is 1.12. The topological polar surface area (TPSA) is 42.2 Å². The molecule has 14 heavy (non-hydrogen) atoms. The lowest BCUT2D eigenvalue weighted by Crippen LogP contribution is -2.45. The second-order valence-corrected chi connectivity index (χ2v) is 4.86. The second-order valence-electron chi connectivity index (χ2n) is 4.14. The first-order chi connectivity index (χ1) is 6.75. The Morgan fingerprint density at radius 2 is 2.57 bits per heavy atom. The van der Waals surface area contributed by atoms with E-state index in [4.69, 9.17) is 5.73 Å². The Morgan fingerprint density at radius 3 is 3.21 bits per heavy atom. The molecule has 4 heteroatoms. The van der Waals surface area contributed by atoms with Crippen LogP contribution in [0.4, 0.5) is 0 Å². The van der Waals surface area contributed by atoms with E-state index in [1.165, 1.54) is 5.69 Å². The molecule has 1 aromatic rings. The number of piperidine rings is 1. The second kappa shape index (κ2) is 4.38. The molecule has 3 nitrogen and oxygen atoms in total. The van der Waals surface area contributed by atoms with Gasteiger partial charge in [-0.2, -0.15) is 0 Å². The fraction of sp³-hybridized carbons (Fsp3) is 0.700. The maximum atomic E-state index is 5.97. The van der Waals surface area contributed by atoms with Crippen LogP contribution in [-0.4, -0.2) is 29.0 Å². The molecule has 0 radical (unpaired) electrons. The number of rotatable bonds is 2. The summed E-state index contributed by atoms with van der Waals surface area (Å²) in [6, 6.07) is 0.390. The fourth-order valence-electron chi connectivity index (χ4n) is 1.94. The van der Waals surface area contributed by atoms with Crippen molar-refractivity contribution in [1.29, 1.82) is 0 Å². The van der Waals surface area contributed by atoms with Gasteiger partial charge in [0.25, 0.3) is 0 Å². The van der Waals surface area contributed by atoms with Gasteiger partial charge in [0.05, 0.1) is 11.2 Å². The largest absolute Gasteiger partial charge is 0.327 e. The molecule has 0 saturated carbocycles. The first kappa shape index (κ1) is 10.1. The van der Waals surface area contributed by atoms with Crippen molar-refractivity contribution in [2.45, 2.75) is 25.9 Å². The van der Waals surface area contributed by atoms with Gasteiger partial charge in [0.15, 0.2) is 0 Å². The molecular formula is C10H17N3S. The monoisotopic (exact) mass is 211 g/mol. The molecule has 0 aliphatic carbocycles. The molecule has 0 amide bonds. The molecule has 78 valence electrons. The third-order valence-electron chi connectivity index (χ3n) is 2.92. The third-order valence-corrected chi connectivity index (χ3v) is 3.56. The first-order valence-corrected chi connectivity index (χ1v) is 6.05. The lowest BCUT2D eigenvalue weighted by Gasteiger charge is -2.34.